The van der Waals surface area contributed by atoms with E-state index in [0.29, 0.717) is 0 Å². The van der Waals surface area contributed by atoms with Crippen molar-refractivity contribution < 1.29 is 4.79 Å². The van der Waals surface area contributed by atoms with Crippen LogP contribution >= 0.6 is 0 Å². The van der Waals surface area contributed by atoms with Gasteiger partial charge in [0.1, 0.15) is 0 Å². The molecule has 10 heavy (non-hydrogen) atoms. The van der Waals surface area contributed by atoms with Gasteiger partial charge in [0, 0.05) is 5.92 Å². The lowest BCUT2D eigenvalue weighted by molar-refractivity contribution is -0.122. The van der Waals surface area contributed by atoms with Crippen LogP contribution in [0.4, 0.5) is 0 Å². The van der Waals surface area contributed by atoms with Crippen molar-refractivity contribution in [3.8, 4) is 0 Å². The maximum Gasteiger partial charge on any atom is 0.214 e. The minimum atomic E-state index is -1.13. The summed E-state index contributed by atoms with van der Waals surface area (Å²) >= 11 is 0. The molecule has 0 spiro atoms. The van der Waals surface area contributed by atoms with Gasteiger partial charge in [0.15, 0.2) is 8.96 Å². The van der Waals surface area contributed by atoms with Crippen molar-refractivity contribution in [2.75, 3.05) is 0 Å². The van der Waals surface area contributed by atoms with E-state index >= 15 is 0 Å². The van der Waals surface area contributed by atoms with Gasteiger partial charge in [-0.05, 0) is 0 Å². The summed E-state index contributed by atoms with van der Waals surface area (Å²) in [4.78, 5) is 13.9. The van der Waals surface area contributed by atoms with Crippen LogP contribution in [0.3, 0.4) is 0 Å². The van der Waals surface area contributed by atoms with Gasteiger partial charge in [-0.1, -0.05) is 26.1 Å². The molecule has 0 aliphatic carbocycles. The molecule has 0 aliphatic heterocycles. The van der Waals surface area contributed by atoms with Crippen LogP contribution in [0.2, 0.25) is 6.55 Å². The topological polar surface area (TPSA) is 29.1 Å². The van der Waals surface area contributed by atoms with Gasteiger partial charge in [0.25, 0.3) is 0 Å². The van der Waals surface area contributed by atoms with Crippen LogP contribution in [0, 0.1) is 5.92 Å². The van der Waals surface area contributed by atoms with Crippen molar-refractivity contribution in [1.82, 2.24) is 4.98 Å². The number of hydrogen-bond donors (Lipinski definition) is 1. The maximum atomic E-state index is 11.0. The van der Waals surface area contributed by atoms with Crippen molar-refractivity contribution in [2.45, 2.75) is 20.4 Å². The van der Waals surface area contributed by atoms with Crippen molar-refractivity contribution in [1.29, 1.82) is 0 Å². The highest BCUT2D eigenvalue weighted by molar-refractivity contribution is 6.62. The van der Waals surface area contributed by atoms with Gasteiger partial charge in [0.05, 0.1) is 0 Å². The monoisotopic (exact) mass is 157 g/mol. The first-order valence-electron chi connectivity index (χ1n) is 3.51. The van der Waals surface area contributed by atoms with Gasteiger partial charge in [-0.2, -0.15) is 0 Å². The average molecular weight is 157 g/mol. The summed E-state index contributed by atoms with van der Waals surface area (Å²) in [5.74, 6) is 0.231. The molecule has 0 bridgehead atoms. The Kier molecular flexibility index (Phi) is 4.03. The number of rotatable bonds is 3. The molecular formula is C7H15NOSi. The standard InChI is InChI=1S/C7H15NOSi/c1-5-10(4)8-7(9)6(2)3/h5-6,10H,1H2,2-4H3,(H,8,9). The highest BCUT2D eigenvalue weighted by Gasteiger charge is 2.08. The first-order valence-corrected chi connectivity index (χ1v) is 5.90. The van der Waals surface area contributed by atoms with E-state index in [9.17, 15) is 4.79 Å². The smallest absolute Gasteiger partial charge is 0.214 e. The molecule has 0 aliphatic rings. The van der Waals surface area contributed by atoms with Gasteiger partial charge in [-0.25, -0.2) is 0 Å². The Bertz CT molecular complexity index is 134. The number of nitrogens with one attached hydrogen (secondary N) is 1. The summed E-state index contributed by atoms with van der Waals surface area (Å²) < 4.78 is 0. The molecule has 1 atom stereocenters. The Labute approximate surface area is 64.0 Å². The molecule has 3 heteroatoms. The van der Waals surface area contributed by atoms with Gasteiger partial charge < -0.3 is 4.98 Å². The molecule has 0 saturated heterocycles. The number of carbonyl (C=O) groups is 1. The first kappa shape index (κ1) is 9.43. The molecule has 0 aromatic carbocycles. The number of amides is 1. The molecule has 1 N–H and O–H groups in total. The molecule has 0 rings (SSSR count). The largest absolute Gasteiger partial charge is 0.381 e. The Hall–Kier alpha value is -0.573. The lowest BCUT2D eigenvalue weighted by atomic mass is 10.2. The second kappa shape index (κ2) is 4.28. The van der Waals surface area contributed by atoms with Crippen molar-refractivity contribution in [3.63, 3.8) is 0 Å². The zero-order valence-electron chi connectivity index (χ0n) is 6.85. The lowest BCUT2D eigenvalue weighted by Gasteiger charge is -2.09. The summed E-state index contributed by atoms with van der Waals surface area (Å²) in [6, 6.07) is 0. The third-order valence-corrected chi connectivity index (χ3v) is 2.69. The predicted molar refractivity (Wildman–Crippen MR) is 46.2 cm³/mol. The molecule has 1 unspecified atom stereocenters. The molecule has 0 aromatic heterocycles. The minimum absolute atomic E-state index is 0.0925. The van der Waals surface area contributed by atoms with E-state index in [1.165, 1.54) is 0 Å². The highest BCUT2D eigenvalue weighted by atomic mass is 28.3. The normalized spacial score (nSPS) is 12.8. The lowest BCUT2D eigenvalue weighted by Crippen LogP contribution is -2.37. The van der Waals surface area contributed by atoms with E-state index in [4.69, 9.17) is 0 Å². The third-order valence-electron chi connectivity index (χ3n) is 1.25. The van der Waals surface area contributed by atoms with Gasteiger partial charge >= 0.3 is 0 Å². The van der Waals surface area contributed by atoms with Crippen LogP contribution in [0.5, 0.6) is 0 Å². The highest BCUT2D eigenvalue weighted by Crippen LogP contribution is 1.90. The van der Waals surface area contributed by atoms with E-state index in [2.05, 4.69) is 11.6 Å². The van der Waals surface area contributed by atoms with Crippen LogP contribution in [0.25, 0.3) is 0 Å². The van der Waals surface area contributed by atoms with Crippen molar-refractivity contribution in [3.05, 3.63) is 12.3 Å². The third kappa shape index (κ3) is 3.45. The maximum absolute atomic E-state index is 11.0. The summed E-state index contributed by atoms with van der Waals surface area (Å²) in [6.07, 6.45) is 0. The summed E-state index contributed by atoms with van der Waals surface area (Å²) in [7, 11) is -1.13. The van der Waals surface area contributed by atoms with E-state index in [-0.39, 0.29) is 11.8 Å². The van der Waals surface area contributed by atoms with Crippen LogP contribution < -0.4 is 4.98 Å². The van der Waals surface area contributed by atoms with Crippen LogP contribution in [0.1, 0.15) is 13.8 Å². The molecule has 58 valence electrons. The Morgan fingerprint density at radius 2 is 2.20 bits per heavy atom. The molecule has 2 nitrogen and oxygen atoms in total. The molecule has 1 amide bonds. The van der Waals surface area contributed by atoms with Crippen molar-refractivity contribution in [2.24, 2.45) is 5.92 Å². The SMILES string of the molecule is C=C[SiH](C)NC(=O)C(C)C. The van der Waals surface area contributed by atoms with Crippen LogP contribution in [0.15, 0.2) is 12.3 Å². The summed E-state index contributed by atoms with van der Waals surface area (Å²) in [6.45, 7) is 9.43. The Morgan fingerprint density at radius 3 is 2.50 bits per heavy atom. The summed E-state index contributed by atoms with van der Waals surface area (Å²) in [5, 5.41) is 0. The predicted octanol–water partition coefficient (Wildman–Crippen LogP) is 0.837. The number of carbonyl (C=O) groups excluding carboxylic acids is 1. The first-order chi connectivity index (χ1) is 4.57. The van der Waals surface area contributed by atoms with E-state index < -0.39 is 8.96 Å². The zero-order valence-corrected chi connectivity index (χ0v) is 8.00. The second-order valence-electron chi connectivity index (χ2n) is 2.69. The van der Waals surface area contributed by atoms with Crippen LogP contribution in [-0.2, 0) is 4.79 Å². The minimum Gasteiger partial charge on any atom is -0.381 e. The van der Waals surface area contributed by atoms with Gasteiger partial charge in [-0.15, -0.1) is 6.58 Å². The van der Waals surface area contributed by atoms with Crippen molar-refractivity contribution >= 4 is 14.9 Å². The molecule has 0 saturated carbocycles. The van der Waals surface area contributed by atoms with E-state index in [1.54, 1.807) is 0 Å². The molecule has 0 fully saturated rings. The number of hydrogen-bond acceptors (Lipinski definition) is 1. The average Bonchev–Trinajstić information content (AvgIpc) is 1.87. The zero-order chi connectivity index (χ0) is 8.15. The fourth-order valence-corrected chi connectivity index (χ4v) is 1.35. The van der Waals surface area contributed by atoms with E-state index in [0.717, 1.165) is 0 Å². The fourth-order valence-electron chi connectivity index (χ4n) is 0.450. The van der Waals surface area contributed by atoms with E-state index in [1.807, 2.05) is 26.1 Å². The second-order valence-corrected chi connectivity index (χ2v) is 5.03. The van der Waals surface area contributed by atoms with Gasteiger partial charge in [0.2, 0.25) is 5.91 Å². The summed E-state index contributed by atoms with van der Waals surface area (Å²) in [5.41, 5.74) is 1.85. The fraction of sp³-hybridized carbons (Fsp3) is 0.571. The molecular weight excluding hydrogens is 142 g/mol. The molecule has 0 radical (unpaired) electrons. The molecule has 0 heterocycles. The quantitative estimate of drug-likeness (QED) is 0.604. The molecule has 0 aromatic rings. The Morgan fingerprint density at radius 1 is 1.70 bits per heavy atom. The Balaban J connectivity index is 3.68. The van der Waals surface area contributed by atoms with Gasteiger partial charge in [-0.3, -0.25) is 4.79 Å². The van der Waals surface area contributed by atoms with Crippen LogP contribution in [-0.4, -0.2) is 14.9 Å².